The summed E-state index contributed by atoms with van der Waals surface area (Å²) in [7, 11) is 0. The standard InChI is InChI=1S/C9H5FN2O3/c10-8-5-7(12(14)15)4-6(9(8)11)2-1-3-13/h3-5H,11H2. The van der Waals surface area contributed by atoms with Crippen LogP contribution in [0.1, 0.15) is 5.56 Å². The van der Waals surface area contributed by atoms with Gasteiger partial charge in [0.2, 0.25) is 0 Å². The summed E-state index contributed by atoms with van der Waals surface area (Å²) < 4.78 is 13.0. The van der Waals surface area contributed by atoms with E-state index in [9.17, 15) is 19.3 Å². The summed E-state index contributed by atoms with van der Waals surface area (Å²) in [5.74, 6) is 3.28. The Kier molecular flexibility index (Phi) is 2.98. The van der Waals surface area contributed by atoms with Crippen molar-refractivity contribution in [2.24, 2.45) is 0 Å². The van der Waals surface area contributed by atoms with Crippen molar-refractivity contribution >= 4 is 17.7 Å². The Bertz CT molecular complexity index is 488. The molecule has 0 aliphatic carbocycles. The number of hydrogen-bond acceptors (Lipinski definition) is 4. The molecule has 0 radical (unpaired) electrons. The summed E-state index contributed by atoms with van der Waals surface area (Å²) in [6.07, 6.45) is 0.288. The number of non-ortho nitro benzene ring substituents is 1. The van der Waals surface area contributed by atoms with Gasteiger partial charge in [0.25, 0.3) is 5.69 Å². The molecule has 0 heterocycles. The van der Waals surface area contributed by atoms with Gasteiger partial charge in [0.15, 0.2) is 12.1 Å². The van der Waals surface area contributed by atoms with Crippen LogP contribution in [0, 0.1) is 27.8 Å². The number of carbonyl (C=O) groups excluding carboxylic acids is 1. The van der Waals surface area contributed by atoms with Crippen LogP contribution in [-0.4, -0.2) is 11.2 Å². The van der Waals surface area contributed by atoms with E-state index in [2.05, 4.69) is 5.92 Å². The Labute approximate surface area is 83.8 Å². The molecule has 76 valence electrons. The van der Waals surface area contributed by atoms with E-state index >= 15 is 0 Å². The molecule has 1 rings (SSSR count). The molecule has 0 aliphatic rings. The summed E-state index contributed by atoms with van der Waals surface area (Å²) >= 11 is 0. The molecule has 0 saturated carbocycles. The van der Waals surface area contributed by atoms with Gasteiger partial charge in [-0.1, -0.05) is 5.92 Å². The van der Waals surface area contributed by atoms with Crippen LogP contribution in [0.2, 0.25) is 0 Å². The van der Waals surface area contributed by atoms with Gasteiger partial charge < -0.3 is 5.73 Å². The van der Waals surface area contributed by atoms with Gasteiger partial charge in [-0.15, -0.1) is 0 Å². The lowest BCUT2D eigenvalue weighted by Crippen LogP contribution is -1.98. The second-order valence-electron chi connectivity index (χ2n) is 2.53. The summed E-state index contributed by atoms with van der Waals surface area (Å²) in [5, 5.41) is 10.4. The third-order valence-electron chi connectivity index (χ3n) is 1.59. The Hall–Kier alpha value is -2.42. The van der Waals surface area contributed by atoms with Gasteiger partial charge in [-0.25, -0.2) is 4.39 Å². The fraction of sp³-hybridized carbons (Fsp3) is 0. The average Bonchev–Trinajstić information content (AvgIpc) is 2.19. The first-order valence-electron chi connectivity index (χ1n) is 3.75. The van der Waals surface area contributed by atoms with E-state index in [4.69, 9.17) is 5.73 Å². The topological polar surface area (TPSA) is 86.2 Å². The van der Waals surface area contributed by atoms with Gasteiger partial charge in [-0.2, -0.15) is 0 Å². The zero-order valence-corrected chi connectivity index (χ0v) is 7.36. The Morgan fingerprint density at radius 2 is 2.20 bits per heavy atom. The van der Waals surface area contributed by atoms with E-state index in [0.29, 0.717) is 6.07 Å². The molecule has 0 aromatic heterocycles. The van der Waals surface area contributed by atoms with Gasteiger partial charge in [0.05, 0.1) is 22.2 Å². The molecular formula is C9H5FN2O3. The summed E-state index contributed by atoms with van der Waals surface area (Å²) in [6.45, 7) is 0. The fourth-order valence-electron chi connectivity index (χ4n) is 0.920. The average molecular weight is 208 g/mol. The Morgan fingerprint density at radius 3 is 2.73 bits per heavy atom. The summed E-state index contributed by atoms with van der Waals surface area (Å²) in [5.41, 5.74) is 4.43. The van der Waals surface area contributed by atoms with Crippen molar-refractivity contribution in [2.75, 3.05) is 5.73 Å². The van der Waals surface area contributed by atoms with Crippen LogP contribution in [-0.2, 0) is 4.79 Å². The quantitative estimate of drug-likeness (QED) is 0.244. The highest BCUT2D eigenvalue weighted by Crippen LogP contribution is 2.22. The minimum absolute atomic E-state index is 0.0752. The van der Waals surface area contributed by atoms with Crippen molar-refractivity contribution in [1.82, 2.24) is 0 Å². The predicted octanol–water partition coefficient (Wildman–Crippen LogP) is 0.867. The number of nitro benzene ring substituents is 1. The van der Waals surface area contributed by atoms with Crippen molar-refractivity contribution in [2.45, 2.75) is 0 Å². The zero-order valence-electron chi connectivity index (χ0n) is 7.36. The Morgan fingerprint density at radius 1 is 1.53 bits per heavy atom. The monoisotopic (exact) mass is 208 g/mol. The highest BCUT2D eigenvalue weighted by Gasteiger charge is 2.13. The number of nitro groups is 1. The maximum atomic E-state index is 13.0. The lowest BCUT2D eigenvalue weighted by atomic mass is 10.1. The molecule has 0 saturated heterocycles. The molecule has 0 spiro atoms. The minimum Gasteiger partial charge on any atom is -0.395 e. The second kappa shape index (κ2) is 4.19. The third-order valence-corrected chi connectivity index (χ3v) is 1.59. The zero-order chi connectivity index (χ0) is 11.4. The van der Waals surface area contributed by atoms with Crippen LogP contribution in [0.4, 0.5) is 15.8 Å². The molecule has 0 amide bonds. The molecule has 5 nitrogen and oxygen atoms in total. The smallest absolute Gasteiger partial charge is 0.273 e. The van der Waals surface area contributed by atoms with E-state index in [1.165, 1.54) is 0 Å². The van der Waals surface area contributed by atoms with Crippen molar-refractivity contribution in [1.29, 1.82) is 0 Å². The van der Waals surface area contributed by atoms with Gasteiger partial charge >= 0.3 is 0 Å². The minimum atomic E-state index is -0.931. The summed E-state index contributed by atoms with van der Waals surface area (Å²) in [6, 6.07) is 1.70. The second-order valence-corrected chi connectivity index (χ2v) is 2.53. The predicted molar refractivity (Wildman–Crippen MR) is 50.4 cm³/mol. The third kappa shape index (κ3) is 2.28. The molecule has 1 aromatic carbocycles. The Balaban J connectivity index is 3.37. The number of anilines is 1. The first-order valence-corrected chi connectivity index (χ1v) is 3.75. The summed E-state index contributed by atoms with van der Waals surface area (Å²) in [4.78, 5) is 19.6. The highest BCUT2D eigenvalue weighted by molar-refractivity contribution is 5.75. The van der Waals surface area contributed by atoms with Gasteiger partial charge in [0.1, 0.15) is 0 Å². The number of carbonyl (C=O) groups is 1. The SMILES string of the molecule is Nc1c(F)cc([N+](=O)[O-])cc1C#CC=O. The number of nitrogens with zero attached hydrogens (tertiary/aromatic N) is 1. The van der Waals surface area contributed by atoms with Gasteiger partial charge in [-0.05, 0) is 5.92 Å². The van der Waals surface area contributed by atoms with Crippen LogP contribution in [0.3, 0.4) is 0 Å². The van der Waals surface area contributed by atoms with Gasteiger partial charge in [-0.3, -0.25) is 14.9 Å². The van der Waals surface area contributed by atoms with Crippen molar-refractivity contribution < 1.29 is 14.1 Å². The molecule has 0 fully saturated rings. The maximum Gasteiger partial charge on any atom is 0.273 e. The first-order chi connectivity index (χ1) is 7.06. The number of halogens is 1. The van der Waals surface area contributed by atoms with E-state index in [-0.39, 0.29) is 17.5 Å². The normalized spacial score (nSPS) is 8.87. The van der Waals surface area contributed by atoms with E-state index in [1.807, 2.05) is 5.92 Å². The molecule has 15 heavy (non-hydrogen) atoms. The molecule has 0 atom stereocenters. The molecule has 0 unspecified atom stereocenters. The largest absolute Gasteiger partial charge is 0.395 e. The van der Waals surface area contributed by atoms with E-state index in [1.54, 1.807) is 0 Å². The van der Waals surface area contributed by atoms with E-state index < -0.39 is 16.4 Å². The first kappa shape index (κ1) is 10.7. The van der Waals surface area contributed by atoms with Crippen molar-refractivity contribution in [3.05, 3.63) is 33.6 Å². The van der Waals surface area contributed by atoms with E-state index in [0.717, 1.165) is 6.07 Å². The van der Waals surface area contributed by atoms with Crippen LogP contribution >= 0.6 is 0 Å². The highest BCUT2D eigenvalue weighted by atomic mass is 19.1. The number of hydrogen-bond donors (Lipinski definition) is 1. The van der Waals surface area contributed by atoms with Crippen molar-refractivity contribution in [3.8, 4) is 11.8 Å². The molecule has 2 N–H and O–H groups in total. The van der Waals surface area contributed by atoms with Crippen LogP contribution in [0.15, 0.2) is 12.1 Å². The molecular weight excluding hydrogens is 203 g/mol. The number of aldehydes is 1. The lowest BCUT2D eigenvalue weighted by molar-refractivity contribution is -0.385. The maximum absolute atomic E-state index is 13.0. The number of nitrogen functional groups attached to an aromatic ring is 1. The molecule has 6 heteroatoms. The molecule has 0 aliphatic heterocycles. The lowest BCUT2D eigenvalue weighted by Gasteiger charge is -1.99. The van der Waals surface area contributed by atoms with Crippen molar-refractivity contribution in [3.63, 3.8) is 0 Å². The fourth-order valence-corrected chi connectivity index (χ4v) is 0.920. The van der Waals surface area contributed by atoms with Gasteiger partial charge in [0, 0.05) is 6.07 Å². The number of rotatable bonds is 1. The number of benzene rings is 1. The molecule has 1 aromatic rings. The van der Waals surface area contributed by atoms with Crippen LogP contribution in [0.25, 0.3) is 0 Å². The van der Waals surface area contributed by atoms with Crippen LogP contribution < -0.4 is 5.73 Å². The van der Waals surface area contributed by atoms with Crippen LogP contribution in [0.5, 0.6) is 0 Å². The number of nitrogens with two attached hydrogens (primary N) is 1. The molecule has 0 bridgehead atoms.